The van der Waals surface area contributed by atoms with Crippen LogP contribution in [0.1, 0.15) is 6.92 Å². The third-order valence-corrected chi connectivity index (χ3v) is 0.961. The number of rotatable bonds is 3. The summed E-state index contributed by atoms with van der Waals surface area (Å²) in [5, 5.41) is 8.37. The number of hydrogen-bond acceptors (Lipinski definition) is 2. The second kappa shape index (κ2) is 3.38. The maximum absolute atomic E-state index is 10.5. The van der Waals surface area contributed by atoms with Crippen molar-refractivity contribution >= 4 is 5.78 Å². The van der Waals surface area contributed by atoms with E-state index in [1.165, 1.54) is 6.08 Å². The predicted octanol–water partition coefficient (Wildman–Crippen LogP) is 0.370. The molecule has 8 heavy (non-hydrogen) atoms. The van der Waals surface area contributed by atoms with Crippen LogP contribution in [0.15, 0.2) is 12.7 Å². The zero-order valence-corrected chi connectivity index (χ0v) is 4.92. The zero-order valence-electron chi connectivity index (χ0n) is 4.92. The number of aliphatic hydroxyl groups excluding tert-OH is 1. The Kier molecular flexibility index (Phi) is 3.12. The van der Waals surface area contributed by atoms with Gasteiger partial charge in [0.15, 0.2) is 5.78 Å². The van der Waals surface area contributed by atoms with Crippen LogP contribution >= 0.6 is 0 Å². The van der Waals surface area contributed by atoms with Crippen LogP contribution in [0.2, 0.25) is 0 Å². The summed E-state index contributed by atoms with van der Waals surface area (Å²) >= 11 is 0. The molecule has 0 bridgehead atoms. The maximum Gasteiger partial charge on any atom is 0.160 e. The van der Waals surface area contributed by atoms with E-state index in [1.54, 1.807) is 6.92 Å². The molecule has 0 radical (unpaired) electrons. The van der Waals surface area contributed by atoms with Crippen LogP contribution in [0.25, 0.3) is 0 Å². The molecule has 1 unspecified atom stereocenters. The standard InChI is InChI=1S/C6H10O2/c1-3-6(8)5(2)4-7/h3,5,7H,1,4H2,2H3. The number of carbonyl (C=O) groups excluding carboxylic acids is 1. The second-order valence-corrected chi connectivity index (χ2v) is 1.69. The van der Waals surface area contributed by atoms with Crippen molar-refractivity contribution in [2.24, 2.45) is 5.92 Å². The molecule has 0 aromatic rings. The van der Waals surface area contributed by atoms with Crippen molar-refractivity contribution in [3.05, 3.63) is 12.7 Å². The molecular weight excluding hydrogens is 104 g/mol. The van der Waals surface area contributed by atoms with E-state index < -0.39 is 0 Å². The molecule has 0 aromatic heterocycles. The third-order valence-electron chi connectivity index (χ3n) is 0.961. The Morgan fingerprint density at radius 2 is 2.50 bits per heavy atom. The molecule has 0 saturated heterocycles. The van der Waals surface area contributed by atoms with E-state index >= 15 is 0 Å². The predicted molar refractivity (Wildman–Crippen MR) is 31.5 cm³/mol. The quantitative estimate of drug-likeness (QED) is 0.538. The topological polar surface area (TPSA) is 37.3 Å². The van der Waals surface area contributed by atoms with Gasteiger partial charge in [0.05, 0.1) is 6.61 Å². The highest BCUT2D eigenvalue weighted by molar-refractivity contribution is 5.90. The van der Waals surface area contributed by atoms with Crippen LogP contribution in [0, 0.1) is 5.92 Å². The number of aliphatic hydroxyl groups is 1. The third kappa shape index (κ3) is 1.89. The van der Waals surface area contributed by atoms with Gasteiger partial charge in [-0.3, -0.25) is 4.79 Å². The maximum atomic E-state index is 10.5. The minimum atomic E-state index is -0.285. The van der Waals surface area contributed by atoms with Crippen molar-refractivity contribution < 1.29 is 9.90 Å². The van der Waals surface area contributed by atoms with Gasteiger partial charge in [0.1, 0.15) is 0 Å². The molecule has 0 heterocycles. The summed E-state index contributed by atoms with van der Waals surface area (Å²) in [6.45, 7) is 4.83. The Morgan fingerprint density at radius 1 is 2.00 bits per heavy atom. The van der Waals surface area contributed by atoms with E-state index in [-0.39, 0.29) is 18.3 Å². The van der Waals surface area contributed by atoms with E-state index in [4.69, 9.17) is 5.11 Å². The van der Waals surface area contributed by atoms with Crippen molar-refractivity contribution in [3.8, 4) is 0 Å². The fourth-order valence-electron chi connectivity index (χ4n) is 0.291. The molecule has 2 nitrogen and oxygen atoms in total. The van der Waals surface area contributed by atoms with E-state index in [0.29, 0.717) is 0 Å². The Balaban J connectivity index is 3.62. The monoisotopic (exact) mass is 114 g/mol. The molecule has 1 N–H and O–H groups in total. The van der Waals surface area contributed by atoms with Crippen molar-refractivity contribution in [1.29, 1.82) is 0 Å². The first-order valence-electron chi connectivity index (χ1n) is 2.49. The van der Waals surface area contributed by atoms with Gasteiger partial charge in [-0.25, -0.2) is 0 Å². The normalized spacial score (nSPS) is 12.8. The second-order valence-electron chi connectivity index (χ2n) is 1.69. The van der Waals surface area contributed by atoms with Crippen LogP contribution in [0.4, 0.5) is 0 Å². The van der Waals surface area contributed by atoms with E-state index in [2.05, 4.69) is 6.58 Å². The molecule has 0 rings (SSSR count). The fourth-order valence-corrected chi connectivity index (χ4v) is 0.291. The van der Waals surface area contributed by atoms with Crippen LogP contribution in [-0.4, -0.2) is 17.5 Å². The Bertz CT molecular complexity index is 96.7. The summed E-state index contributed by atoms with van der Waals surface area (Å²) in [6.07, 6.45) is 1.22. The lowest BCUT2D eigenvalue weighted by Crippen LogP contribution is -2.11. The van der Waals surface area contributed by atoms with Crippen LogP contribution < -0.4 is 0 Å². The molecule has 0 fully saturated rings. The van der Waals surface area contributed by atoms with E-state index in [9.17, 15) is 4.79 Å². The van der Waals surface area contributed by atoms with Crippen LogP contribution in [0.5, 0.6) is 0 Å². The fraction of sp³-hybridized carbons (Fsp3) is 0.500. The lowest BCUT2D eigenvalue weighted by Gasteiger charge is -1.98. The number of allylic oxidation sites excluding steroid dienone is 1. The number of ketones is 1. The van der Waals surface area contributed by atoms with Crippen molar-refractivity contribution in [3.63, 3.8) is 0 Å². The smallest absolute Gasteiger partial charge is 0.160 e. The van der Waals surface area contributed by atoms with Crippen LogP contribution in [-0.2, 0) is 4.79 Å². The summed E-state index contributed by atoms with van der Waals surface area (Å²) in [4.78, 5) is 10.5. The van der Waals surface area contributed by atoms with Crippen molar-refractivity contribution in [1.82, 2.24) is 0 Å². The summed E-state index contributed by atoms with van der Waals surface area (Å²) in [5.41, 5.74) is 0. The van der Waals surface area contributed by atoms with Gasteiger partial charge in [-0.2, -0.15) is 0 Å². The largest absolute Gasteiger partial charge is 0.396 e. The summed E-state index contributed by atoms with van der Waals surface area (Å²) in [6, 6.07) is 0. The summed E-state index contributed by atoms with van der Waals surface area (Å²) in [7, 11) is 0. The molecule has 0 aliphatic heterocycles. The Morgan fingerprint density at radius 3 is 2.62 bits per heavy atom. The zero-order chi connectivity index (χ0) is 6.57. The van der Waals surface area contributed by atoms with Crippen LogP contribution in [0.3, 0.4) is 0 Å². The van der Waals surface area contributed by atoms with Gasteiger partial charge in [0.2, 0.25) is 0 Å². The van der Waals surface area contributed by atoms with Gasteiger partial charge in [-0.05, 0) is 6.08 Å². The highest BCUT2D eigenvalue weighted by atomic mass is 16.3. The van der Waals surface area contributed by atoms with E-state index in [1.807, 2.05) is 0 Å². The Labute approximate surface area is 48.8 Å². The molecule has 0 aliphatic rings. The SMILES string of the molecule is C=CC(=O)C(C)CO. The summed E-state index contributed by atoms with van der Waals surface area (Å²) in [5.74, 6) is -0.389. The molecule has 0 spiro atoms. The molecule has 0 aliphatic carbocycles. The lowest BCUT2D eigenvalue weighted by atomic mass is 10.1. The highest BCUT2D eigenvalue weighted by Crippen LogP contribution is 1.93. The molecule has 0 aromatic carbocycles. The molecule has 0 saturated carbocycles. The minimum Gasteiger partial charge on any atom is -0.396 e. The van der Waals surface area contributed by atoms with Gasteiger partial charge in [-0.15, -0.1) is 0 Å². The van der Waals surface area contributed by atoms with Gasteiger partial charge >= 0.3 is 0 Å². The first-order valence-corrected chi connectivity index (χ1v) is 2.49. The van der Waals surface area contributed by atoms with Crippen molar-refractivity contribution in [2.75, 3.05) is 6.61 Å². The average molecular weight is 114 g/mol. The van der Waals surface area contributed by atoms with E-state index in [0.717, 1.165) is 0 Å². The van der Waals surface area contributed by atoms with Gasteiger partial charge in [-0.1, -0.05) is 13.5 Å². The van der Waals surface area contributed by atoms with Gasteiger partial charge in [0.25, 0.3) is 0 Å². The number of carbonyl (C=O) groups is 1. The van der Waals surface area contributed by atoms with Gasteiger partial charge < -0.3 is 5.11 Å². The highest BCUT2D eigenvalue weighted by Gasteiger charge is 2.05. The average Bonchev–Trinajstić information content (AvgIpc) is 1.84. The molecule has 0 amide bonds. The Hall–Kier alpha value is -0.630. The minimum absolute atomic E-state index is 0.0924. The molecule has 2 heteroatoms. The first-order chi connectivity index (χ1) is 3.72. The summed E-state index contributed by atoms with van der Waals surface area (Å²) < 4.78 is 0. The van der Waals surface area contributed by atoms with Crippen molar-refractivity contribution in [2.45, 2.75) is 6.92 Å². The number of hydrogen-bond donors (Lipinski definition) is 1. The molecule has 1 atom stereocenters. The van der Waals surface area contributed by atoms with Gasteiger partial charge in [0, 0.05) is 5.92 Å². The first kappa shape index (κ1) is 7.37. The lowest BCUT2D eigenvalue weighted by molar-refractivity contribution is -0.118. The molecule has 46 valence electrons. The molecular formula is C6H10O2.